The first-order chi connectivity index (χ1) is 10.2. The predicted octanol–water partition coefficient (Wildman–Crippen LogP) is 3.35. The van der Waals surface area contributed by atoms with Gasteiger partial charge in [-0.2, -0.15) is 4.98 Å². The summed E-state index contributed by atoms with van der Waals surface area (Å²) in [6.07, 6.45) is 5.21. The lowest BCUT2D eigenvalue weighted by molar-refractivity contribution is 0.0217. The second-order valence-electron chi connectivity index (χ2n) is 5.20. The number of nitrogens with one attached hydrogen (secondary N) is 1. The second-order valence-corrected chi connectivity index (χ2v) is 5.20. The van der Waals surface area contributed by atoms with Crippen molar-refractivity contribution in [1.29, 1.82) is 0 Å². The van der Waals surface area contributed by atoms with Crippen molar-refractivity contribution >= 4 is 10.9 Å². The highest BCUT2D eigenvalue weighted by molar-refractivity contribution is 5.91. The summed E-state index contributed by atoms with van der Waals surface area (Å²) in [4.78, 5) is 11.8. The molecule has 3 aromatic rings. The minimum absolute atomic E-state index is 0.161. The predicted molar refractivity (Wildman–Crippen MR) is 78.6 cm³/mol. The Hall–Kier alpha value is -2.21. The molecular formula is C15H18N4O2. The molecule has 6 heteroatoms. The Morgan fingerprint density at radius 1 is 1.33 bits per heavy atom. The Morgan fingerprint density at radius 2 is 2.19 bits per heavy atom. The minimum atomic E-state index is -0.161. The Balaban J connectivity index is 1.99. The summed E-state index contributed by atoms with van der Waals surface area (Å²) in [5, 5.41) is 5.09. The summed E-state index contributed by atoms with van der Waals surface area (Å²) in [5.74, 6) is 1.32. The van der Waals surface area contributed by atoms with Crippen molar-refractivity contribution < 1.29 is 9.26 Å². The second kappa shape index (κ2) is 5.65. The molecule has 0 aliphatic rings. The van der Waals surface area contributed by atoms with E-state index >= 15 is 0 Å². The van der Waals surface area contributed by atoms with Gasteiger partial charge in [0.05, 0.1) is 17.3 Å². The monoisotopic (exact) mass is 286 g/mol. The lowest BCUT2D eigenvalue weighted by Gasteiger charge is -2.16. The topological polar surface area (TPSA) is 76.8 Å². The molecule has 0 saturated heterocycles. The van der Waals surface area contributed by atoms with Crippen molar-refractivity contribution in [2.75, 3.05) is 6.61 Å². The maximum atomic E-state index is 5.70. The highest BCUT2D eigenvalue weighted by Crippen LogP contribution is 2.29. The fraction of sp³-hybridized carbons (Fsp3) is 0.400. The Labute approximate surface area is 122 Å². The average molecular weight is 286 g/mol. The Morgan fingerprint density at radius 3 is 2.95 bits per heavy atom. The van der Waals surface area contributed by atoms with Gasteiger partial charge in [-0.15, -0.1) is 0 Å². The molecule has 1 atom stereocenters. The van der Waals surface area contributed by atoms with Crippen LogP contribution in [0.3, 0.4) is 0 Å². The van der Waals surface area contributed by atoms with Crippen molar-refractivity contribution in [2.45, 2.75) is 26.9 Å². The van der Waals surface area contributed by atoms with Gasteiger partial charge in [0.2, 0.25) is 5.82 Å². The maximum Gasteiger partial charge on any atom is 0.260 e. The third kappa shape index (κ3) is 2.54. The van der Waals surface area contributed by atoms with E-state index in [1.165, 1.54) is 0 Å². The number of aromatic nitrogens is 4. The Kier molecular flexibility index (Phi) is 3.70. The average Bonchev–Trinajstić information content (AvgIpc) is 3.12. The lowest BCUT2D eigenvalue weighted by atomic mass is 10.1. The molecule has 1 unspecified atom stereocenters. The van der Waals surface area contributed by atoms with Crippen LogP contribution in [0.2, 0.25) is 0 Å². The zero-order valence-electron chi connectivity index (χ0n) is 12.3. The molecule has 6 nitrogen and oxygen atoms in total. The summed E-state index contributed by atoms with van der Waals surface area (Å²) in [6.45, 7) is 6.72. The van der Waals surface area contributed by atoms with Gasteiger partial charge in [-0.25, -0.2) is 0 Å². The number of nitrogens with zero attached hydrogens (tertiary/aromatic N) is 3. The van der Waals surface area contributed by atoms with Gasteiger partial charge in [-0.1, -0.05) is 19.0 Å². The zero-order chi connectivity index (χ0) is 14.8. The molecule has 0 spiro atoms. The number of hydrogen-bond donors (Lipinski definition) is 1. The van der Waals surface area contributed by atoms with Crippen molar-refractivity contribution in [1.82, 2.24) is 20.1 Å². The van der Waals surface area contributed by atoms with Crippen molar-refractivity contribution in [2.24, 2.45) is 5.92 Å². The van der Waals surface area contributed by atoms with E-state index in [9.17, 15) is 0 Å². The largest absolute Gasteiger partial charge is 0.370 e. The number of fused-ring (bicyclic) bond motifs is 1. The molecule has 21 heavy (non-hydrogen) atoms. The van der Waals surface area contributed by atoms with E-state index in [0.717, 1.165) is 16.5 Å². The quantitative estimate of drug-likeness (QED) is 0.778. The summed E-state index contributed by atoms with van der Waals surface area (Å²) in [6, 6.07) is 1.97. The molecule has 3 aromatic heterocycles. The normalized spacial score (nSPS) is 13.1. The van der Waals surface area contributed by atoms with Crippen LogP contribution in [0.4, 0.5) is 0 Å². The van der Waals surface area contributed by atoms with E-state index in [4.69, 9.17) is 9.26 Å². The van der Waals surface area contributed by atoms with Crippen LogP contribution >= 0.6 is 0 Å². The molecule has 0 aromatic carbocycles. The molecule has 1 N–H and O–H groups in total. The molecule has 110 valence electrons. The van der Waals surface area contributed by atoms with Crippen LogP contribution < -0.4 is 0 Å². The van der Waals surface area contributed by atoms with Crippen LogP contribution in [0.25, 0.3) is 22.4 Å². The molecule has 0 saturated carbocycles. The Bertz CT molecular complexity index is 732. The molecule has 0 radical (unpaired) electrons. The van der Waals surface area contributed by atoms with Crippen LogP contribution in [-0.4, -0.2) is 26.7 Å². The first kappa shape index (κ1) is 13.8. The number of rotatable bonds is 5. The van der Waals surface area contributed by atoms with E-state index < -0.39 is 0 Å². The summed E-state index contributed by atoms with van der Waals surface area (Å²) in [7, 11) is 0. The van der Waals surface area contributed by atoms with Gasteiger partial charge in [0.1, 0.15) is 6.10 Å². The van der Waals surface area contributed by atoms with Crippen molar-refractivity contribution in [3.8, 4) is 11.5 Å². The standard InChI is InChI=1S/C15H18N4O2/c1-4-20-13(9(2)3)14-18-15(21-19-14)11-7-16-8-12-10(11)5-6-17-12/h5-9,13,17H,4H2,1-3H3. The fourth-order valence-electron chi connectivity index (χ4n) is 2.35. The molecule has 3 rings (SSSR count). The molecule has 0 bridgehead atoms. The number of H-pyrrole nitrogens is 1. The molecule has 0 aliphatic heterocycles. The van der Waals surface area contributed by atoms with Crippen LogP contribution in [0.1, 0.15) is 32.7 Å². The van der Waals surface area contributed by atoms with Crippen molar-refractivity contribution in [3.05, 3.63) is 30.5 Å². The van der Waals surface area contributed by atoms with Gasteiger partial charge in [0.15, 0.2) is 0 Å². The van der Waals surface area contributed by atoms with E-state index in [1.807, 2.05) is 19.2 Å². The zero-order valence-corrected chi connectivity index (χ0v) is 12.3. The number of aromatic amines is 1. The third-order valence-corrected chi connectivity index (χ3v) is 3.35. The van der Waals surface area contributed by atoms with Gasteiger partial charge < -0.3 is 14.2 Å². The minimum Gasteiger partial charge on any atom is -0.370 e. The highest BCUT2D eigenvalue weighted by Gasteiger charge is 2.23. The summed E-state index contributed by atoms with van der Waals surface area (Å²) in [5.41, 5.74) is 1.77. The molecule has 0 aliphatic carbocycles. The van der Waals surface area contributed by atoms with E-state index in [-0.39, 0.29) is 12.0 Å². The number of ether oxygens (including phenoxy) is 1. The van der Waals surface area contributed by atoms with Gasteiger partial charge in [-0.3, -0.25) is 4.98 Å². The summed E-state index contributed by atoms with van der Waals surface area (Å²) < 4.78 is 11.1. The maximum absolute atomic E-state index is 5.70. The molecule has 0 amide bonds. The third-order valence-electron chi connectivity index (χ3n) is 3.35. The SMILES string of the molecule is CCOC(c1noc(-c2cncc3[nH]ccc23)n1)C(C)C. The van der Waals surface area contributed by atoms with Crippen LogP contribution in [0.15, 0.2) is 29.2 Å². The fourth-order valence-corrected chi connectivity index (χ4v) is 2.35. The number of pyridine rings is 1. The van der Waals surface area contributed by atoms with E-state index in [2.05, 4.69) is 34.0 Å². The van der Waals surface area contributed by atoms with Gasteiger partial charge in [0, 0.05) is 24.4 Å². The van der Waals surface area contributed by atoms with E-state index in [1.54, 1.807) is 12.4 Å². The van der Waals surface area contributed by atoms with Crippen LogP contribution in [0, 0.1) is 5.92 Å². The molecule has 0 fully saturated rings. The first-order valence-electron chi connectivity index (χ1n) is 7.07. The van der Waals surface area contributed by atoms with Gasteiger partial charge in [0.25, 0.3) is 5.89 Å². The van der Waals surface area contributed by atoms with Crippen LogP contribution in [0.5, 0.6) is 0 Å². The van der Waals surface area contributed by atoms with E-state index in [0.29, 0.717) is 18.3 Å². The molecule has 3 heterocycles. The highest BCUT2D eigenvalue weighted by atomic mass is 16.5. The summed E-state index contributed by atoms with van der Waals surface area (Å²) >= 11 is 0. The molecular weight excluding hydrogens is 268 g/mol. The smallest absolute Gasteiger partial charge is 0.260 e. The first-order valence-corrected chi connectivity index (χ1v) is 7.07. The van der Waals surface area contributed by atoms with Gasteiger partial charge >= 0.3 is 0 Å². The number of hydrogen-bond acceptors (Lipinski definition) is 5. The van der Waals surface area contributed by atoms with Crippen molar-refractivity contribution in [3.63, 3.8) is 0 Å². The van der Waals surface area contributed by atoms with Crippen LogP contribution in [-0.2, 0) is 4.74 Å². The van der Waals surface area contributed by atoms with Gasteiger partial charge in [-0.05, 0) is 18.9 Å². The lowest BCUT2D eigenvalue weighted by Crippen LogP contribution is -2.12.